The summed E-state index contributed by atoms with van der Waals surface area (Å²) >= 11 is 1.96. The lowest BCUT2D eigenvalue weighted by Gasteiger charge is -2.21. The predicted molar refractivity (Wildman–Crippen MR) is 69.9 cm³/mol. The van der Waals surface area contributed by atoms with Gasteiger partial charge in [-0.25, -0.2) is 9.59 Å². The van der Waals surface area contributed by atoms with Crippen molar-refractivity contribution >= 4 is 23.8 Å². The summed E-state index contributed by atoms with van der Waals surface area (Å²) in [6.07, 6.45) is 2.32. The molecule has 0 bridgehead atoms. The van der Waals surface area contributed by atoms with E-state index in [1.54, 1.807) is 0 Å². The van der Waals surface area contributed by atoms with Gasteiger partial charge in [0.1, 0.15) is 6.61 Å². The molecule has 1 fully saturated rings. The van der Waals surface area contributed by atoms with Gasteiger partial charge >= 0.3 is 12.0 Å². The molecule has 2 amide bonds. The fourth-order valence-corrected chi connectivity index (χ4v) is 2.85. The van der Waals surface area contributed by atoms with Crippen molar-refractivity contribution in [2.24, 2.45) is 5.92 Å². The number of ether oxygens (including phenoxy) is 1. The van der Waals surface area contributed by atoms with Gasteiger partial charge in [0.15, 0.2) is 0 Å². The van der Waals surface area contributed by atoms with E-state index in [1.165, 1.54) is 11.5 Å². The van der Waals surface area contributed by atoms with Crippen molar-refractivity contribution in [2.45, 2.75) is 12.8 Å². The van der Waals surface area contributed by atoms with Crippen LogP contribution in [0.15, 0.2) is 0 Å². The van der Waals surface area contributed by atoms with Gasteiger partial charge < -0.3 is 20.5 Å². The van der Waals surface area contributed by atoms with Crippen LogP contribution < -0.4 is 10.6 Å². The first kappa shape index (κ1) is 15.1. The second-order valence-corrected chi connectivity index (χ2v) is 5.36. The van der Waals surface area contributed by atoms with Crippen molar-refractivity contribution in [1.29, 1.82) is 0 Å². The number of hydrogen-bond donors (Lipinski definition) is 3. The smallest absolute Gasteiger partial charge is 0.329 e. The van der Waals surface area contributed by atoms with E-state index in [1.807, 2.05) is 11.8 Å². The Balaban J connectivity index is 1.94. The van der Waals surface area contributed by atoms with Crippen LogP contribution in [0.25, 0.3) is 0 Å². The third-order valence-electron chi connectivity index (χ3n) is 2.65. The van der Waals surface area contributed by atoms with E-state index in [9.17, 15) is 9.59 Å². The zero-order chi connectivity index (χ0) is 13.2. The van der Waals surface area contributed by atoms with E-state index in [-0.39, 0.29) is 19.2 Å². The third-order valence-corrected chi connectivity index (χ3v) is 3.70. The Morgan fingerprint density at radius 1 is 1.28 bits per heavy atom. The number of rotatable bonds is 7. The summed E-state index contributed by atoms with van der Waals surface area (Å²) < 4.78 is 4.80. The monoisotopic (exact) mass is 276 g/mol. The molecule has 104 valence electrons. The summed E-state index contributed by atoms with van der Waals surface area (Å²) in [7, 11) is 0. The zero-order valence-corrected chi connectivity index (χ0v) is 11.1. The van der Waals surface area contributed by atoms with Crippen molar-refractivity contribution in [2.75, 3.05) is 37.8 Å². The van der Waals surface area contributed by atoms with Crippen LogP contribution in [0.4, 0.5) is 4.79 Å². The number of carboxylic acids is 1. The molecule has 0 aromatic heterocycles. The second kappa shape index (κ2) is 9.04. The molecule has 1 saturated heterocycles. The van der Waals surface area contributed by atoms with Crippen molar-refractivity contribution in [3.05, 3.63) is 0 Å². The Morgan fingerprint density at radius 3 is 2.67 bits per heavy atom. The van der Waals surface area contributed by atoms with E-state index < -0.39 is 5.97 Å². The fourth-order valence-electron chi connectivity index (χ4n) is 1.65. The van der Waals surface area contributed by atoms with Crippen molar-refractivity contribution in [3.8, 4) is 0 Å². The Labute approximate surface area is 111 Å². The molecule has 1 aliphatic heterocycles. The molecule has 1 heterocycles. The van der Waals surface area contributed by atoms with Gasteiger partial charge in [-0.15, -0.1) is 0 Å². The van der Waals surface area contributed by atoms with Gasteiger partial charge in [-0.2, -0.15) is 11.8 Å². The van der Waals surface area contributed by atoms with Gasteiger partial charge in [0, 0.05) is 13.1 Å². The highest BCUT2D eigenvalue weighted by Gasteiger charge is 2.14. The number of carbonyl (C=O) groups is 2. The molecule has 1 rings (SSSR count). The molecule has 1 aliphatic rings. The maximum Gasteiger partial charge on any atom is 0.329 e. The van der Waals surface area contributed by atoms with Gasteiger partial charge in [-0.3, -0.25) is 0 Å². The zero-order valence-electron chi connectivity index (χ0n) is 10.3. The van der Waals surface area contributed by atoms with Crippen LogP contribution in [0.3, 0.4) is 0 Å². The average molecular weight is 276 g/mol. The number of amides is 2. The number of aliphatic carboxylic acids is 1. The van der Waals surface area contributed by atoms with Gasteiger partial charge in [0.05, 0.1) is 6.61 Å². The standard InChI is InChI=1S/C11H20N2O4S/c14-10(15)8-17-4-3-12-11(16)13-7-9-1-5-18-6-2-9/h9H,1-8H2,(H,14,15)(H2,12,13,16). The Kier molecular flexibility index (Phi) is 7.59. The first-order valence-electron chi connectivity index (χ1n) is 6.07. The van der Waals surface area contributed by atoms with Crippen LogP contribution in [0.5, 0.6) is 0 Å². The maximum atomic E-state index is 11.4. The molecule has 18 heavy (non-hydrogen) atoms. The number of carboxylic acid groups (broad SMARTS) is 1. The first-order valence-corrected chi connectivity index (χ1v) is 7.23. The van der Waals surface area contributed by atoms with Crippen LogP contribution in [-0.4, -0.2) is 54.9 Å². The van der Waals surface area contributed by atoms with Crippen LogP contribution in [0.2, 0.25) is 0 Å². The number of urea groups is 1. The minimum atomic E-state index is -1.00. The van der Waals surface area contributed by atoms with Crippen molar-refractivity contribution < 1.29 is 19.4 Å². The molecule has 0 spiro atoms. The fraction of sp³-hybridized carbons (Fsp3) is 0.818. The predicted octanol–water partition coefficient (Wildman–Crippen LogP) is 0.530. The molecule has 6 nitrogen and oxygen atoms in total. The average Bonchev–Trinajstić information content (AvgIpc) is 2.37. The molecule has 3 N–H and O–H groups in total. The Bertz CT molecular complexity index is 270. The lowest BCUT2D eigenvalue weighted by atomic mass is 10.0. The van der Waals surface area contributed by atoms with E-state index in [2.05, 4.69) is 10.6 Å². The molecule has 0 aliphatic carbocycles. The summed E-state index contributed by atoms with van der Waals surface area (Å²) in [6, 6.07) is -0.216. The topological polar surface area (TPSA) is 87.7 Å². The van der Waals surface area contributed by atoms with E-state index in [0.29, 0.717) is 19.0 Å². The van der Waals surface area contributed by atoms with Crippen molar-refractivity contribution in [3.63, 3.8) is 0 Å². The van der Waals surface area contributed by atoms with Crippen LogP contribution >= 0.6 is 11.8 Å². The highest BCUT2D eigenvalue weighted by molar-refractivity contribution is 7.99. The van der Waals surface area contributed by atoms with Crippen LogP contribution in [0, 0.1) is 5.92 Å². The van der Waals surface area contributed by atoms with Crippen LogP contribution in [0.1, 0.15) is 12.8 Å². The molecule has 0 radical (unpaired) electrons. The minimum absolute atomic E-state index is 0.208. The summed E-state index contributed by atoms with van der Waals surface area (Å²) in [5.74, 6) is 1.93. The second-order valence-electron chi connectivity index (χ2n) is 4.14. The Morgan fingerprint density at radius 2 is 2.00 bits per heavy atom. The largest absolute Gasteiger partial charge is 0.480 e. The normalized spacial score (nSPS) is 16.2. The highest BCUT2D eigenvalue weighted by Crippen LogP contribution is 2.21. The lowest BCUT2D eigenvalue weighted by Crippen LogP contribution is -2.40. The summed E-state index contributed by atoms with van der Waals surface area (Å²) in [5.41, 5.74) is 0. The maximum absolute atomic E-state index is 11.4. The van der Waals surface area contributed by atoms with Crippen LogP contribution in [-0.2, 0) is 9.53 Å². The quantitative estimate of drug-likeness (QED) is 0.590. The van der Waals surface area contributed by atoms with Gasteiger partial charge in [-0.1, -0.05) is 0 Å². The van der Waals surface area contributed by atoms with Crippen molar-refractivity contribution in [1.82, 2.24) is 10.6 Å². The molecule has 0 unspecified atom stereocenters. The van der Waals surface area contributed by atoms with Gasteiger partial charge in [0.25, 0.3) is 0 Å². The van der Waals surface area contributed by atoms with E-state index in [4.69, 9.17) is 9.84 Å². The molecule has 0 atom stereocenters. The third kappa shape index (κ3) is 7.39. The molecule has 0 aromatic carbocycles. The minimum Gasteiger partial charge on any atom is -0.480 e. The van der Waals surface area contributed by atoms with E-state index in [0.717, 1.165) is 12.8 Å². The highest BCUT2D eigenvalue weighted by atomic mass is 32.2. The summed E-state index contributed by atoms with van der Waals surface area (Å²) in [5, 5.41) is 13.8. The first-order chi connectivity index (χ1) is 8.68. The molecule has 0 aromatic rings. The number of hydrogen-bond acceptors (Lipinski definition) is 4. The van der Waals surface area contributed by atoms with Gasteiger partial charge in [-0.05, 0) is 30.3 Å². The number of carbonyl (C=O) groups excluding carboxylic acids is 1. The molecular formula is C11H20N2O4S. The number of thioether (sulfide) groups is 1. The van der Waals surface area contributed by atoms with Gasteiger partial charge in [0.2, 0.25) is 0 Å². The molecule has 7 heteroatoms. The molecular weight excluding hydrogens is 256 g/mol. The SMILES string of the molecule is O=C(O)COCCNC(=O)NCC1CCSCC1. The lowest BCUT2D eigenvalue weighted by molar-refractivity contribution is -0.142. The Hall–Kier alpha value is -0.950. The molecule has 0 saturated carbocycles. The van der Waals surface area contributed by atoms with E-state index >= 15 is 0 Å². The summed E-state index contributed by atoms with van der Waals surface area (Å²) in [6.45, 7) is 0.908. The summed E-state index contributed by atoms with van der Waals surface area (Å²) in [4.78, 5) is 21.5. The number of nitrogens with one attached hydrogen (secondary N) is 2.